The summed E-state index contributed by atoms with van der Waals surface area (Å²) < 4.78 is 24.7. The lowest BCUT2D eigenvalue weighted by molar-refractivity contribution is -0.139. The average molecular weight is 444 g/mol. The van der Waals surface area contributed by atoms with E-state index in [1.54, 1.807) is 26.0 Å². The predicted octanol–water partition coefficient (Wildman–Crippen LogP) is 5.38. The van der Waals surface area contributed by atoms with Crippen LogP contribution in [0, 0.1) is 17.7 Å². The average Bonchev–Trinajstić information content (AvgIpc) is 2.79. The molecule has 3 rings (SSSR count). The second-order valence-corrected chi connectivity index (χ2v) is 8.69. The van der Waals surface area contributed by atoms with E-state index in [9.17, 15) is 14.0 Å². The molecule has 0 radical (unpaired) electrons. The number of allylic oxidation sites excluding steroid dienone is 2. The molecule has 32 heavy (non-hydrogen) atoms. The highest BCUT2D eigenvalue weighted by Gasteiger charge is 2.42. The Hall–Kier alpha value is -2.63. The van der Waals surface area contributed by atoms with Gasteiger partial charge in [-0.1, -0.05) is 45.2 Å². The minimum Gasteiger partial charge on any atom is -0.463 e. The molecule has 0 saturated heterocycles. The van der Waals surface area contributed by atoms with E-state index in [0.29, 0.717) is 16.7 Å². The van der Waals surface area contributed by atoms with E-state index >= 15 is 0 Å². The Bertz CT molecular complexity index is 895. The van der Waals surface area contributed by atoms with Crippen LogP contribution in [0.3, 0.4) is 0 Å². The van der Waals surface area contributed by atoms with Gasteiger partial charge in [0, 0.05) is 11.4 Å². The van der Waals surface area contributed by atoms with Gasteiger partial charge >= 0.3 is 11.9 Å². The van der Waals surface area contributed by atoms with Crippen LogP contribution in [0.25, 0.3) is 0 Å². The molecule has 0 aromatic heterocycles. The van der Waals surface area contributed by atoms with Gasteiger partial charge in [-0.3, -0.25) is 0 Å². The largest absolute Gasteiger partial charge is 0.463 e. The molecule has 174 valence electrons. The van der Waals surface area contributed by atoms with E-state index in [0.717, 1.165) is 37.1 Å². The van der Waals surface area contributed by atoms with Crippen molar-refractivity contribution in [1.29, 1.82) is 0 Å². The molecule has 1 aromatic carbocycles. The maximum Gasteiger partial charge on any atom is 0.336 e. The standard InChI is InChI=1S/C26H34FNO4/c1-5-31-25(29)21-20(17-12-14-19(27)15-13-17)22(26(30)32-6-2)24(28-23(21)16(3)4)18-10-8-7-9-11-18/h12-16,18,20,28H,5-11H2,1-4H3. The number of dihydropyridines is 1. The van der Waals surface area contributed by atoms with E-state index < -0.39 is 17.9 Å². The first-order chi connectivity index (χ1) is 15.4. The summed E-state index contributed by atoms with van der Waals surface area (Å²) in [6.45, 7) is 7.99. The lowest BCUT2D eigenvalue weighted by Crippen LogP contribution is -2.38. The van der Waals surface area contributed by atoms with Crippen LogP contribution in [0.1, 0.15) is 71.3 Å². The summed E-state index contributed by atoms with van der Waals surface area (Å²) in [4.78, 5) is 26.5. The number of ether oxygens (including phenoxy) is 2. The molecule has 0 amide bonds. The molecule has 1 N–H and O–H groups in total. The predicted molar refractivity (Wildman–Crippen MR) is 121 cm³/mol. The van der Waals surface area contributed by atoms with Gasteiger partial charge in [0.25, 0.3) is 0 Å². The molecule has 5 nitrogen and oxygen atoms in total. The van der Waals surface area contributed by atoms with Crippen LogP contribution in [0.2, 0.25) is 0 Å². The second kappa shape index (κ2) is 10.8. The van der Waals surface area contributed by atoms with E-state index in [1.807, 2.05) is 13.8 Å². The van der Waals surface area contributed by atoms with Crippen LogP contribution < -0.4 is 5.32 Å². The molecule has 1 unspecified atom stereocenters. The maximum atomic E-state index is 13.8. The Morgan fingerprint density at radius 1 is 0.969 bits per heavy atom. The van der Waals surface area contributed by atoms with Gasteiger partial charge in [-0.05, 0) is 56.2 Å². The molecule has 1 aliphatic carbocycles. The quantitative estimate of drug-likeness (QED) is 0.573. The first-order valence-corrected chi connectivity index (χ1v) is 11.7. The lowest BCUT2D eigenvalue weighted by Gasteiger charge is -2.37. The van der Waals surface area contributed by atoms with Crippen LogP contribution in [0.5, 0.6) is 0 Å². The van der Waals surface area contributed by atoms with Crippen molar-refractivity contribution >= 4 is 11.9 Å². The Labute approximate surface area is 190 Å². The molecule has 1 saturated carbocycles. The molecule has 6 heteroatoms. The molecular formula is C26H34FNO4. The summed E-state index contributed by atoms with van der Waals surface area (Å²) in [5.41, 5.74) is 3.11. The Kier molecular flexibility index (Phi) is 8.10. The molecule has 0 spiro atoms. The summed E-state index contributed by atoms with van der Waals surface area (Å²) in [6, 6.07) is 6.00. The zero-order valence-corrected chi connectivity index (χ0v) is 19.5. The Morgan fingerprint density at radius 2 is 1.53 bits per heavy atom. The molecule has 1 heterocycles. The number of nitrogens with one attached hydrogen (secondary N) is 1. The van der Waals surface area contributed by atoms with Crippen LogP contribution in [0.15, 0.2) is 46.8 Å². The fourth-order valence-electron chi connectivity index (χ4n) is 4.77. The molecule has 0 bridgehead atoms. The molecule has 1 atom stereocenters. The van der Waals surface area contributed by atoms with Crippen LogP contribution >= 0.6 is 0 Å². The highest BCUT2D eigenvalue weighted by atomic mass is 19.1. The van der Waals surface area contributed by atoms with Gasteiger partial charge in [0.15, 0.2) is 0 Å². The van der Waals surface area contributed by atoms with Gasteiger partial charge in [-0.25, -0.2) is 14.0 Å². The Balaban J connectivity index is 2.27. The van der Waals surface area contributed by atoms with Crippen LogP contribution in [-0.4, -0.2) is 25.2 Å². The number of hydrogen-bond donors (Lipinski definition) is 1. The minimum absolute atomic E-state index is 0.000286. The van der Waals surface area contributed by atoms with Gasteiger partial charge in [-0.2, -0.15) is 0 Å². The number of benzene rings is 1. The fourth-order valence-corrected chi connectivity index (χ4v) is 4.77. The van der Waals surface area contributed by atoms with Crippen LogP contribution in [-0.2, 0) is 19.1 Å². The third-order valence-corrected chi connectivity index (χ3v) is 6.21. The topological polar surface area (TPSA) is 64.6 Å². The molecule has 1 fully saturated rings. The van der Waals surface area contributed by atoms with Crippen molar-refractivity contribution in [2.75, 3.05) is 13.2 Å². The van der Waals surface area contributed by atoms with Crippen molar-refractivity contribution in [2.24, 2.45) is 11.8 Å². The van der Waals surface area contributed by atoms with Crippen molar-refractivity contribution < 1.29 is 23.5 Å². The number of carbonyl (C=O) groups excluding carboxylic acids is 2. The van der Waals surface area contributed by atoms with Gasteiger partial charge in [0.05, 0.1) is 30.3 Å². The molecular weight excluding hydrogens is 409 g/mol. The van der Waals surface area contributed by atoms with Gasteiger partial charge in [0.1, 0.15) is 5.82 Å². The third kappa shape index (κ3) is 5.05. The molecule has 2 aliphatic rings. The number of hydrogen-bond acceptors (Lipinski definition) is 5. The smallest absolute Gasteiger partial charge is 0.336 e. The molecule has 1 aliphatic heterocycles. The first-order valence-electron chi connectivity index (χ1n) is 11.7. The summed E-state index contributed by atoms with van der Waals surface area (Å²) in [7, 11) is 0. The number of halogens is 1. The highest BCUT2D eigenvalue weighted by molar-refractivity contribution is 6.00. The maximum absolute atomic E-state index is 13.8. The van der Waals surface area contributed by atoms with E-state index in [2.05, 4.69) is 5.32 Å². The van der Waals surface area contributed by atoms with Gasteiger partial charge in [-0.15, -0.1) is 0 Å². The number of esters is 2. The van der Waals surface area contributed by atoms with E-state index in [4.69, 9.17) is 9.47 Å². The minimum atomic E-state index is -0.677. The zero-order chi connectivity index (χ0) is 23.3. The highest BCUT2D eigenvalue weighted by Crippen LogP contribution is 2.44. The summed E-state index contributed by atoms with van der Waals surface area (Å²) >= 11 is 0. The lowest BCUT2D eigenvalue weighted by atomic mass is 9.74. The van der Waals surface area contributed by atoms with Crippen molar-refractivity contribution in [3.8, 4) is 0 Å². The normalized spacial score (nSPS) is 19.8. The number of rotatable bonds is 7. The summed E-state index contributed by atoms with van der Waals surface area (Å²) in [5, 5.41) is 3.50. The SMILES string of the molecule is CCOC(=O)C1=C(C(C)C)NC(C2CCCCC2)=C(C(=O)OCC)C1c1ccc(F)cc1. The third-order valence-electron chi connectivity index (χ3n) is 6.21. The van der Waals surface area contributed by atoms with E-state index in [1.165, 1.54) is 18.6 Å². The monoisotopic (exact) mass is 443 g/mol. The first kappa shape index (κ1) is 24.0. The van der Waals surface area contributed by atoms with Gasteiger partial charge in [0.2, 0.25) is 0 Å². The number of carbonyl (C=O) groups is 2. The van der Waals surface area contributed by atoms with Crippen molar-refractivity contribution in [2.45, 2.75) is 65.7 Å². The van der Waals surface area contributed by atoms with Crippen molar-refractivity contribution in [3.05, 3.63) is 58.2 Å². The van der Waals surface area contributed by atoms with Gasteiger partial charge < -0.3 is 14.8 Å². The van der Waals surface area contributed by atoms with Crippen LogP contribution in [0.4, 0.5) is 4.39 Å². The van der Waals surface area contributed by atoms with Crippen molar-refractivity contribution in [3.63, 3.8) is 0 Å². The summed E-state index contributed by atoms with van der Waals surface area (Å²) in [6.07, 6.45) is 5.32. The second-order valence-electron chi connectivity index (χ2n) is 8.69. The molecule has 1 aromatic rings. The Morgan fingerprint density at radius 3 is 2.06 bits per heavy atom. The zero-order valence-electron chi connectivity index (χ0n) is 19.5. The van der Waals surface area contributed by atoms with E-state index in [-0.39, 0.29) is 30.9 Å². The summed E-state index contributed by atoms with van der Waals surface area (Å²) in [5.74, 6) is -1.78. The fraction of sp³-hybridized carbons (Fsp3) is 0.538. The van der Waals surface area contributed by atoms with Crippen molar-refractivity contribution in [1.82, 2.24) is 5.32 Å².